The molecule has 5 heteroatoms. The van der Waals surface area contributed by atoms with Crippen molar-refractivity contribution in [2.75, 3.05) is 6.54 Å². The maximum Gasteiger partial charge on any atom is 0.267 e. The van der Waals surface area contributed by atoms with Crippen LogP contribution in [0.15, 0.2) is 71.7 Å². The van der Waals surface area contributed by atoms with Crippen molar-refractivity contribution >= 4 is 30.1 Å². The Labute approximate surface area is 146 Å². The first-order valence-corrected chi connectivity index (χ1v) is 7.66. The number of Topliss-reactive ketones (excluding diaryl/α,β-unsaturated/α-hetero) is 1. The monoisotopic (exact) mass is 334 g/mol. The van der Waals surface area contributed by atoms with Gasteiger partial charge in [-0.3, -0.25) is 19.8 Å². The van der Waals surface area contributed by atoms with Crippen LogP contribution in [-0.2, 0) is 4.79 Å². The third kappa shape index (κ3) is 6.37. The number of benzene rings is 2. The molecular formula is C20H18N2O3. The van der Waals surface area contributed by atoms with E-state index in [1.165, 1.54) is 17.6 Å². The molecule has 0 aliphatic carbocycles. The number of nitrogens with one attached hydrogen (secondary N) is 1. The molecule has 0 heterocycles. The van der Waals surface area contributed by atoms with Gasteiger partial charge in [-0.2, -0.15) is 0 Å². The fourth-order valence-corrected chi connectivity index (χ4v) is 2.00. The minimum atomic E-state index is -0.613. The zero-order valence-electron chi connectivity index (χ0n) is 13.5. The Kier molecular flexibility index (Phi) is 7.03. The fraction of sp³-hybridized carbons (Fsp3) is 0.0500. The van der Waals surface area contributed by atoms with E-state index in [9.17, 15) is 9.59 Å². The van der Waals surface area contributed by atoms with E-state index in [2.05, 4.69) is 4.99 Å². The van der Waals surface area contributed by atoms with Gasteiger partial charge in [-0.05, 0) is 23.3 Å². The van der Waals surface area contributed by atoms with Gasteiger partial charge in [-0.25, -0.2) is 5.48 Å². The molecule has 0 fully saturated rings. The Bertz CT molecular complexity index is 791. The predicted octanol–water partition coefficient (Wildman–Crippen LogP) is 3.17. The quantitative estimate of drug-likeness (QED) is 0.268. The highest BCUT2D eigenvalue weighted by Gasteiger charge is 2.03. The maximum atomic E-state index is 12.0. The molecule has 2 aromatic rings. The Balaban J connectivity index is 1.86. The van der Waals surface area contributed by atoms with E-state index >= 15 is 0 Å². The highest BCUT2D eigenvalue weighted by molar-refractivity contribution is 5.99. The molecule has 0 saturated carbocycles. The number of hydrogen-bond donors (Lipinski definition) is 2. The molecule has 2 rings (SSSR count). The normalized spacial score (nSPS) is 11.4. The number of carbonyl (C=O) groups is 2. The molecule has 25 heavy (non-hydrogen) atoms. The van der Waals surface area contributed by atoms with Gasteiger partial charge in [0.05, 0.1) is 0 Å². The molecule has 0 aliphatic rings. The van der Waals surface area contributed by atoms with Crippen LogP contribution in [0.3, 0.4) is 0 Å². The SMILES string of the molecule is O=C(/C=C/c1ccc(C(=O)CN=C/C=C/c2ccccc2)cc1)NO. The van der Waals surface area contributed by atoms with Gasteiger partial charge in [-0.15, -0.1) is 0 Å². The largest absolute Gasteiger partial charge is 0.292 e. The molecule has 126 valence electrons. The second-order valence-corrected chi connectivity index (χ2v) is 5.11. The van der Waals surface area contributed by atoms with E-state index in [-0.39, 0.29) is 12.3 Å². The number of hydrogen-bond acceptors (Lipinski definition) is 4. The van der Waals surface area contributed by atoms with Crippen molar-refractivity contribution in [1.29, 1.82) is 0 Å². The third-order valence-corrected chi connectivity index (χ3v) is 3.28. The molecule has 2 N–H and O–H groups in total. The van der Waals surface area contributed by atoms with Gasteiger partial charge in [0, 0.05) is 17.9 Å². The van der Waals surface area contributed by atoms with Crippen molar-refractivity contribution < 1.29 is 14.8 Å². The number of allylic oxidation sites excluding steroid dienone is 1. The summed E-state index contributed by atoms with van der Waals surface area (Å²) in [6, 6.07) is 16.6. The van der Waals surface area contributed by atoms with Crippen LogP contribution in [0.2, 0.25) is 0 Å². The highest BCUT2D eigenvalue weighted by atomic mass is 16.5. The number of amides is 1. The summed E-state index contributed by atoms with van der Waals surface area (Å²) in [4.78, 5) is 27.0. The Hall–Kier alpha value is -3.31. The Morgan fingerprint density at radius 2 is 1.64 bits per heavy atom. The highest BCUT2D eigenvalue weighted by Crippen LogP contribution is 2.07. The number of nitrogens with zero attached hydrogens (tertiary/aromatic N) is 1. The van der Waals surface area contributed by atoms with Crippen LogP contribution in [0.1, 0.15) is 21.5 Å². The molecule has 0 bridgehead atoms. The third-order valence-electron chi connectivity index (χ3n) is 3.28. The van der Waals surface area contributed by atoms with E-state index in [1.807, 2.05) is 36.4 Å². The van der Waals surface area contributed by atoms with E-state index in [1.54, 1.807) is 36.6 Å². The average molecular weight is 334 g/mol. The van der Waals surface area contributed by atoms with Crippen molar-refractivity contribution in [1.82, 2.24) is 5.48 Å². The lowest BCUT2D eigenvalue weighted by molar-refractivity contribution is -0.124. The predicted molar refractivity (Wildman–Crippen MR) is 98.6 cm³/mol. The number of rotatable bonds is 7. The van der Waals surface area contributed by atoms with Gasteiger partial charge in [-0.1, -0.05) is 60.7 Å². The van der Waals surface area contributed by atoms with Crippen molar-refractivity contribution in [2.45, 2.75) is 0 Å². The Morgan fingerprint density at radius 1 is 0.960 bits per heavy atom. The van der Waals surface area contributed by atoms with Crippen LogP contribution in [0.25, 0.3) is 12.2 Å². The molecule has 0 radical (unpaired) electrons. The summed E-state index contributed by atoms with van der Waals surface area (Å²) in [5.41, 5.74) is 3.87. The molecule has 5 nitrogen and oxygen atoms in total. The second-order valence-electron chi connectivity index (χ2n) is 5.11. The van der Waals surface area contributed by atoms with Crippen molar-refractivity contribution in [3.8, 4) is 0 Å². The maximum absolute atomic E-state index is 12.0. The lowest BCUT2D eigenvalue weighted by Crippen LogP contribution is -2.14. The topological polar surface area (TPSA) is 78.8 Å². The van der Waals surface area contributed by atoms with Gasteiger partial charge in [0.1, 0.15) is 6.54 Å². The molecule has 0 aliphatic heterocycles. The van der Waals surface area contributed by atoms with Gasteiger partial charge in [0.15, 0.2) is 5.78 Å². The molecule has 0 atom stereocenters. The summed E-state index contributed by atoms with van der Waals surface area (Å²) < 4.78 is 0. The van der Waals surface area contributed by atoms with Gasteiger partial charge >= 0.3 is 0 Å². The van der Waals surface area contributed by atoms with Crippen molar-refractivity contribution in [2.24, 2.45) is 4.99 Å². The smallest absolute Gasteiger partial charge is 0.267 e. The van der Waals surface area contributed by atoms with E-state index in [0.717, 1.165) is 11.1 Å². The minimum Gasteiger partial charge on any atom is -0.292 e. The van der Waals surface area contributed by atoms with E-state index < -0.39 is 5.91 Å². The summed E-state index contributed by atoms with van der Waals surface area (Å²) in [6.45, 7) is 0.0707. The summed E-state index contributed by atoms with van der Waals surface area (Å²) in [6.07, 6.45) is 8.04. The van der Waals surface area contributed by atoms with Crippen LogP contribution in [-0.4, -0.2) is 29.7 Å². The van der Waals surface area contributed by atoms with Gasteiger partial charge in [0.25, 0.3) is 5.91 Å². The molecule has 1 amide bonds. The zero-order valence-corrected chi connectivity index (χ0v) is 13.5. The fourth-order valence-electron chi connectivity index (χ4n) is 2.00. The van der Waals surface area contributed by atoms with Crippen LogP contribution in [0.5, 0.6) is 0 Å². The number of ketones is 1. The summed E-state index contributed by atoms with van der Waals surface area (Å²) in [5, 5.41) is 8.40. The van der Waals surface area contributed by atoms with E-state index in [0.29, 0.717) is 5.56 Å². The first-order valence-electron chi connectivity index (χ1n) is 7.66. The van der Waals surface area contributed by atoms with Crippen LogP contribution < -0.4 is 5.48 Å². The van der Waals surface area contributed by atoms with Crippen molar-refractivity contribution in [3.63, 3.8) is 0 Å². The first-order chi connectivity index (χ1) is 12.2. The first kappa shape index (κ1) is 18.0. The molecule has 0 aromatic heterocycles. The molecular weight excluding hydrogens is 316 g/mol. The van der Waals surface area contributed by atoms with Gasteiger partial charge in [0.2, 0.25) is 0 Å². The van der Waals surface area contributed by atoms with Crippen LogP contribution in [0.4, 0.5) is 0 Å². The lowest BCUT2D eigenvalue weighted by atomic mass is 10.1. The zero-order chi connectivity index (χ0) is 17.9. The Morgan fingerprint density at radius 3 is 2.32 bits per heavy atom. The van der Waals surface area contributed by atoms with Crippen LogP contribution in [0, 0.1) is 0 Å². The molecule has 0 spiro atoms. The summed E-state index contributed by atoms with van der Waals surface area (Å²) in [7, 11) is 0. The van der Waals surface area contributed by atoms with Crippen LogP contribution >= 0.6 is 0 Å². The van der Waals surface area contributed by atoms with Crippen molar-refractivity contribution in [3.05, 3.63) is 83.4 Å². The summed E-state index contributed by atoms with van der Waals surface area (Å²) in [5.74, 6) is -0.703. The number of aliphatic imine (C=N–C) groups is 1. The number of hydroxylamine groups is 1. The van der Waals surface area contributed by atoms with E-state index in [4.69, 9.17) is 5.21 Å². The minimum absolute atomic E-state index is 0.0707. The number of carbonyl (C=O) groups excluding carboxylic acids is 2. The molecule has 0 unspecified atom stereocenters. The second kappa shape index (κ2) is 9.75. The standard InChI is InChI=1S/C20H18N2O3/c23-19(15-21-14-4-7-16-5-2-1-3-6-16)18-11-8-17(9-12-18)10-13-20(24)22-25/h1-14,25H,15H2,(H,22,24)/b7-4+,13-10+,21-14?. The molecule has 0 saturated heterocycles. The average Bonchev–Trinajstić information content (AvgIpc) is 2.67. The summed E-state index contributed by atoms with van der Waals surface area (Å²) >= 11 is 0. The van der Waals surface area contributed by atoms with Gasteiger partial charge < -0.3 is 0 Å². The molecule has 2 aromatic carbocycles. The lowest BCUT2D eigenvalue weighted by Gasteiger charge is -1.99.